The van der Waals surface area contributed by atoms with Gasteiger partial charge in [0.25, 0.3) is 0 Å². The van der Waals surface area contributed by atoms with Crippen molar-refractivity contribution in [1.29, 1.82) is 0 Å². The third-order valence-corrected chi connectivity index (χ3v) is 5.19. The monoisotopic (exact) mass is 248 g/mol. The summed E-state index contributed by atoms with van der Waals surface area (Å²) in [4.78, 5) is 0. The highest BCUT2D eigenvalue weighted by Crippen LogP contribution is 2.34. The molecule has 17 heavy (non-hydrogen) atoms. The van der Waals surface area contributed by atoms with Crippen LogP contribution in [0.2, 0.25) is 0 Å². The first-order valence-electron chi connectivity index (χ1n) is 6.92. The van der Waals surface area contributed by atoms with E-state index in [1.807, 2.05) is 0 Å². The second kappa shape index (κ2) is 5.83. The molecule has 1 aromatic rings. The van der Waals surface area contributed by atoms with Gasteiger partial charge >= 0.3 is 0 Å². The van der Waals surface area contributed by atoms with Crippen molar-refractivity contribution in [2.24, 2.45) is 0 Å². The number of hydrogen-bond acceptors (Lipinski definition) is 1. The van der Waals surface area contributed by atoms with Crippen LogP contribution in [0.5, 0.6) is 0 Å². The minimum Gasteiger partial charge on any atom is -0.380 e. The van der Waals surface area contributed by atoms with E-state index in [1.54, 1.807) is 0 Å². The molecule has 1 aliphatic rings. The lowest BCUT2D eigenvalue weighted by Gasteiger charge is -2.37. The maximum atomic E-state index is 6.08. The second-order valence-corrected chi connectivity index (χ2v) is 7.30. The summed E-state index contributed by atoms with van der Waals surface area (Å²) >= 11 is 0. The predicted octanol–water partition coefficient (Wildman–Crippen LogP) is 2.83. The molecule has 0 aromatic heterocycles. The van der Waals surface area contributed by atoms with Crippen molar-refractivity contribution in [3.8, 4) is 0 Å². The van der Waals surface area contributed by atoms with Crippen molar-refractivity contribution < 1.29 is 4.74 Å². The average Bonchev–Trinajstić information content (AvgIpc) is 2.38. The zero-order valence-electron chi connectivity index (χ0n) is 11.1. The molecular formula is C15H24OSi. The third-order valence-electron chi connectivity index (χ3n) is 3.99. The van der Waals surface area contributed by atoms with Crippen LogP contribution in [-0.4, -0.2) is 22.1 Å². The molecule has 2 atom stereocenters. The Hall–Kier alpha value is -0.603. The minimum atomic E-state index is 0.245. The fourth-order valence-electron chi connectivity index (χ4n) is 2.90. The summed E-state index contributed by atoms with van der Waals surface area (Å²) in [6, 6.07) is 10.9. The van der Waals surface area contributed by atoms with E-state index < -0.39 is 0 Å². The largest absolute Gasteiger partial charge is 0.380 e. The van der Waals surface area contributed by atoms with E-state index in [-0.39, 0.29) is 5.22 Å². The molecule has 2 unspecified atom stereocenters. The van der Waals surface area contributed by atoms with Crippen LogP contribution >= 0.6 is 0 Å². The van der Waals surface area contributed by atoms with Gasteiger partial charge in [-0.25, -0.2) is 0 Å². The number of hydrogen-bond donors (Lipinski definition) is 0. The summed E-state index contributed by atoms with van der Waals surface area (Å²) < 4.78 is 6.08. The van der Waals surface area contributed by atoms with Gasteiger partial charge < -0.3 is 4.74 Å². The van der Waals surface area contributed by atoms with Crippen molar-refractivity contribution >= 4 is 10.2 Å². The van der Waals surface area contributed by atoms with Gasteiger partial charge in [-0.3, -0.25) is 0 Å². The zero-order valence-corrected chi connectivity index (χ0v) is 13.1. The van der Waals surface area contributed by atoms with Crippen LogP contribution in [0.4, 0.5) is 0 Å². The number of rotatable bonds is 4. The quantitative estimate of drug-likeness (QED) is 0.745. The molecular weight excluding hydrogens is 224 g/mol. The van der Waals surface area contributed by atoms with Gasteiger partial charge in [-0.15, -0.1) is 0 Å². The summed E-state index contributed by atoms with van der Waals surface area (Å²) in [6.07, 6.45) is 6.33. The summed E-state index contributed by atoms with van der Waals surface area (Å²) in [6.45, 7) is 3.28. The average molecular weight is 248 g/mol. The van der Waals surface area contributed by atoms with Crippen molar-refractivity contribution in [1.82, 2.24) is 0 Å². The van der Waals surface area contributed by atoms with Gasteiger partial charge in [-0.1, -0.05) is 37.3 Å². The van der Waals surface area contributed by atoms with E-state index in [0.29, 0.717) is 5.92 Å². The van der Waals surface area contributed by atoms with Crippen LogP contribution in [0.25, 0.3) is 0 Å². The van der Waals surface area contributed by atoms with Gasteiger partial charge in [0, 0.05) is 22.1 Å². The first-order chi connectivity index (χ1) is 8.23. The van der Waals surface area contributed by atoms with Crippen molar-refractivity contribution in [2.45, 2.75) is 50.2 Å². The Morgan fingerprint density at radius 1 is 1.29 bits per heavy atom. The molecule has 0 bridgehead atoms. The minimum absolute atomic E-state index is 0.245. The smallest absolute Gasteiger partial charge is 0.0491 e. The molecule has 94 valence electrons. The summed E-state index contributed by atoms with van der Waals surface area (Å²) in [5.74, 6) is 0.673. The van der Waals surface area contributed by atoms with Gasteiger partial charge in [0.1, 0.15) is 0 Å². The first kappa shape index (κ1) is 12.8. The lowest BCUT2D eigenvalue weighted by molar-refractivity contribution is -0.0269. The van der Waals surface area contributed by atoms with Crippen molar-refractivity contribution in [2.75, 3.05) is 6.61 Å². The Bertz CT molecular complexity index is 330. The van der Waals surface area contributed by atoms with Crippen molar-refractivity contribution in [3.63, 3.8) is 0 Å². The fraction of sp³-hybridized carbons (Fsp3) is 0.600. The fourth-order valence-corrected chi connectivity index (χ4v) is 3.95. The van der Waals surface area contributed by atoms with E-state index in [9.17, 15) is 0 Å². The highest BCUT2D eigenvalue weighted by molar-refractivity contribution is 6.14. The molecule has 2 rings (SSSR count). The van der Waals surface area contributed by atoms with E-state index in [1.165, 1.54) is 37.7 Å². The highest BCUT2D eigenvalue weighted by Gasteiger charge is 2.30. The summed E-state index contributed by atoms with van der Waals surface area (Å²) in [7, 11) is 1.16. The summed E-state index contributed by atoms with van der Waals surface area (Å²) in [5.41, 5.74) is 1.49. The molecule has 1 aromatic carbocycles. The Balaban J connectivity index is 2.04. The Morgan fingerprint density at radius 3 is 2.65 bits per heavy atom. The molecule has 0 radical (unpaired) electrons. The maximum absolute atomic E-state index is 6.08. The molecule has 0 amide bonds. The van der Waals surface area contributed by atoms with Crippen LogP contribution < -0.4 is 0 Å². The Morgan fingerprint density at radius 2 is 2.06 bits per heavy atom. The van der Waals surface area contributed by atoms with E-state index in [4.69, 9.17) is 4.74 Å². The lowest BCUT2D eigenvalue weighted by atomic mass is 9.88. The van der Waals surface area contributed by atoms with Crippen LogP contribution in [0.3, 0.4) is 0 Å². The van der Waals surface area contributed by atoms with Gasteiger partial charge in [0.15, 0.2) is 0 Å². The lowest BCUT2D eigenvalue weighted by Crippen LogP contribution is -2.38. The maximum Gasteiger partial charge on any atom is 0.0491 e. The molecule has 0 aliphatic carbocycles. The molecule has 2 heteroatoms. The van der Waals surface area contributed by atoms with Gasteiger partial charge in [0.2, 0.25) is 0 Å². The molecule has 1 nitrogen and oxygen atoms in total. The Kier molecular flexibility index (Phi) is 4.40. The molecule has 1 heterocycles. The van der Waals surface area contributed by atoms with Crippen LogP contribution in [0, 0.1) is 0 Å². The van der Waals surface area contributed by atoms with E-state index in [2.05, 4.69) is 37.3 Å². The van der Waals surface area contributed by atoms with Crippen molar-refractivity contribution in [3.05, 3.63) is 35.9 Å². The molecule has 0 spiro atoms. The second-order valence-electron chi connectivity index (χ2n) is 5.48. The van der Waals surface area contributed by atoms with E-state index in [0.717, 1.165) is 16.8 Å². The first-order valence-corrected chi connectivity index (χ1v) is 7.92. The van der Waals surface area contributed by atoms with Crippen LogP contribution in [0.15, 0.2) is 30.3 Å². The number of ether oxygens (including phenoxy) is 1. The van der Waals surface area contributed by atoms with Crippen LogP contribution in [-0.2, 0) is 4.74 Å². The third kappa shape index (κ3) is 3.43. The van der Waals surface area contributed by atoms with Gasteiger partial charge in [-0.2, -0.15) is 0 Å². The molecule has 1 saturated heterocycles. The van der Waals surface area contributed by atoms with Gasteiger partial charge in [-0.05, 0) is 43.6 Å². The zero-order chi connectivity index (χ0) is 12.1. The SMILES string of the molecule is CCC(CC1([SiH3])CCCCO1)c1ccccc1. The molecule has 1 fully saturated rings. The van der Waals surface area contributed by atoms with Crippen LogP contribution in [0.1, 0.15) is 50.5 Å². The molecule has 1 aliphatic heterocycles. The highest BCUT2D eigenvalue weighted by atomic mass is 28.1. The standard InChI is InChI=1S/C15H24OSi/c1-2-13(14-8-4-3-5-9-14)12-15(17)10-6-7-11-16-15/h3-5,8-9,13H,2,6-7,10-12H2,1,17H3. The predicted molar refractivity (Wildman–Crippen MR) is 76.6 cm³/mol. The Labute approximate surface area is 108 Å². The summed E-state index contributed by atoms with van der Waals surface area (Å²) in [5, 5.41) is 0.245. The van der Waals surface area contributed by atoms with Gasteiger partial charge in [0.05, 0.1) is 0 Å². The molecule has 0 saturated carbocycles. The van der Waals surface area contributed by atoms with E-state index >= 15 is 0 Å². The number of benzene rings is 1. The topological polar surface area (TPSA) is 9.23 Å². The molecule has 0 N–H and O–H groups in total. The normalized spacial score (nSPS) is 26.9.